The molecule has 2 aromatic heterocycles. The van der Waals surface area contributed by atoms with Crippen molar-refractivity contribution in [3.8, 4) is 27.9 Å². The summed E-state index contributed by atoms with van der Waals surface area (Å²) in [5.41, 5.74) is 1.45. The Morgan fingerprint density at radius 1 is 1.13 bits per heavy atom. The third kappa shape index (κ3) is 3.50. The molecule has 0 fully saturated rings. The second-order valence-corrected chi connectivity index (χ2v) is 7.55. The molecular formula is C21H14F2N4O3S. The van der Waals surface area contributed by atoms with Gasteiger partial charge in [-0.25, -0.2) is 13.8 Å². The van der Waals surface area contributed by atoms with Crippen LogP contribution in [0.4, 0.5) is 14.6 Å². The van der Waals surface area contributed by atoms with Gasteiger partial charge < -0.3 is 14.8 Å². The zero-order valence-electron chi connectivity index (χ0n) is 16.1. The number of carbonyl (C=O) groups excluding carboxylic acids is 1. The average molecular weight is 440 g/mol. The second kappa shape index (κ2) is 7.47. The van der Waals surface area contributed by atoms with E-state index in [9.17, 15) is 13.6 Å². The van der Waals surface area contributed by atoms with Crippen LogP contribution < -0.4 is 14.8 Å². The molecule has 3 heterocycles. The molecule has 0 aliphatic carbocycles. The van der Waals surface area contributed by atoms with Crippen LogP contribution in [0, 0.1) is 18.6 Å². The Hall–Kier alpha value is -3.79. The number of anilines is 1. The van der Waals surface area contributed by atoms with Crippen LogP contribution in [-0.2, 0) is 0 Å². The zero-order chi connectivity index (χ0) is 21.5. The van der Waals surface area contributed by atoms with Gasteiger partial charge in [-0.15, -0.1) is 11.3 Å². The van der Waals surface area contributed by atoms with Crippen LogP contribution in [0.25, 0.3) is 16.4 Å². The minimum absolute atomic E-state index is 0.180. The van der Waals surface area contributed by atoms with Gasteiger partial charge in [0, 0.05) is 17.0 Å². The Bertz CT molecular complexity index is 1300. The number of hydrogen-bond donors (Lipinski definition) is 1. The fourth-order valence-corrected chi connectivity index (χ4v) is 3.97. The number of benzene rings is 2. The maximum atomic E-state index is 14.0. The molecule has 1 aliphatic heterocycles. The normalized spacial score (nSPS) is 12.2. The Balaban J connectivity index is 1.46. The van der Waals surface area contributed by atoms with Gasteiger partial charge in [-0.3, -0.25) is 4.79 Å². The molecule has 7 nitrogen and oxygen atoms in total. The van der Waals surface area contributed by atoms with Crippen molar-refractivity contribution < 1.29 is 23.0 Å². The van der Waals surface area contributed by atoms with E-state index in [0.29, 0.717) is 28.0 Å². The first kappa shape index (κ1) is 19.2. The SMILES string of the molecule is Cc1cc(NC(=O)c2c(F)cccc2F)n(-c2nc(-c3ccc4c(c3)OCO4)cs2)n1. The van der Waals surface area contributed by atoms with Crippen LogP contribution in [0.3, 0.4) is 0 Å². The molecule has 4 aromatic rings. The number of rotatable bonds is 4. The molecule has 0 bridgehead atoms. The van der Waals surface area contributed by atoms with Crippen molar-refractivity contribution in [3.05, 3.63) is 70.7 Å². The lowest BCUT2D eigenvalue weighted by molar-refractivity contribution is 0.101. The lowest BCUT2D eigenvalue weighted by Crippen LogP contribution is -2.18. The average Bonchev–Trinajstić information content (AvgIpc) is 3.46. The van der Waals surface area contributed by atoms with Gasteiger partial charge in [-0.1, -0.05) is 6.07 Å². The molecule has 5 rings (SSSR count). The van der Waals surface area contributed by atoms with Gasteiger partial charge in [-0.2, -0.15) is 9.78 Å². The van der Waals surface area contributed by atoms with Gasteiger partial charge in [0.2, 0.25) is 11.9 Å². The fourth-order valence-electron chi connectivity index (χ4n) is 3.18. The van der Waals surface area contributed by atoms with Crippen molar-refractivity contribution in [1.29, 1.82) is 0 Å². The quantitative estimate of drug-likeness (QED) is 0.503. The molecule has 156 valence electrons. The summed E-state index contributed by atoms with van der Waals surface area (Å²) in [7, 11) is 0. The molecule has 0 spiro atoms. The minimum Gasteiger partial charge on any atom is -0.454 e. The topological polar surface area (TPSA) is 78.3 Å². The summed E-state index contributed by atoms with van der Waals surface area (Å²) in [4.78, 5) is 17.1. The fraction of sp³-hybridized carbons (Fsp3) is 0.0952. The zero-order valence-corrected chi connectivity index (χ0v) is 16.9. The molecule has 0 unspecified atom stereocenters. The molecule has 0 saturated heterocycles. The first-order valence-electron chi connectivity index (χ1n) is 9.17. The van der Waals surface area contributed by atoms with Gasteiger partial charge in [0.25, 0.3) is 5.91 Å². The molecule has 0 radical (unpaired) electrons. The van der Waals surface area contributed by atoms with Crippen LogP contribution in [0.2, 0.25) is 0 Å². The molecule has 0 saturated carbocycles. The molecular weight excluding hydrogens is 426 g/mol. The number of fused-ring (bicyclic) bond motifs is 1. The maximum Gasteiger partial charge on any atom is 0.262 e. The number of nitrogens with one attached hydrogen (secondary N) is 1. The number of halogens is 2. The largest absolute Gasteiger partial charge is 0.454 e. The number of nitrogens with zero attached hydrogens (tertiary/aromatic N) is 3. The Labute approximate surface area is 178 Å². The third-order valence-corrected chi connectivity index (χ3v) is 5.42. The smallest absolute Gasteiger partial charge is 0.262 e. The Kier molecular flexibility index (Phi) is 4.63. The van der Waals surface area contributed by atoms with E-state index in [0.717, 1.165) is 17.7 Å². The molecule has 2 aromatic carbocycles. The standard InChI is InChI=1S/C21H14F2N4O3S/c1-11-7-18(25-20(28)19-13(22)3-2-4-14(19)23)27(26-11)21-24-15(9-31-21)12-5-6-16-17(8-12)30-10-29-16/h2-9H,10H2,1H3,(H,25,28). The van der Waals surface area contributed by atoms with Crippen LogP contribution in [0.1, 0.15) is 16.1 Å². The highest BCUT2D eigenvalue weighted by Crippen LogP contribution is 2.36. The van der Waals surface area contributed by atoms with Crippen molar-refractivity contribution >= 4 is 23.1 Å². The summed E-state index contributed by atoms with van der Waals surface area (Å²) in [6.45, 7) is 1.92. The van der Waals surface area contributed by atoms with Gasteiger partial charge in [-0.05, 0) is 37.3 Å². The van der Waals surface area contributed by atoms with E-state index < -0.39 is 23.1 Å². The number of thiazole rings is 1. The van der Waals surface area contributed by atoms with Gasteiger partial charge in [0.1, 0.15) is 23.0 Å². The molecule has 1 aliphatic rings. The van der Waals surface area contributed by atoms with Crippen LogP contribution in [0.5, 0.6) is 11.5 Å². The minimum atomic E-state index is -0.945. The highest BCUT2D eigenvalue weighted by molar-refractivity contribution is 7.12. The summed E-state index contributed by atoms with van der Waals surface area (Å²) in [6.07, 6.45) is 0. The Morgan fingerprint density at radius 2 is 1.90 bits per heavy atom. The van der Waals surface area contributed by atoms with Gasteiger partial charge >= 0.3 is 0 Å². The van der Waals surface area contributed by atoms with E-state index in [1.165, 1.54) is 22.1 Å². The molecule has 10 heteroatoms. The number of aromatic nitrogens is 3. The van der Waals surface area contributed by atoms with Crippen LogP contribution in [-0.4, -0.2) is 27.5 Å². The number of amides is 1. The van der Waals surface area contributed by atoms with Crippen LogP contribution >= 0.6 is 11.3 Å². The monoisotopic (exact) mass is 440 g/mol. The summed E-state index contributed by atoms with van der Waals surface area (Å²) in [5.74, 6) is -1.24. The third-order valence-electron chi connectivity index (χ3n) is 4.60. The van der Waals surface area contributed by atoms with Crippen LogP contribution in [0.15, 0.2) is 47.8 Å². The first-order valence-corrected chi connectivity index (χ1v) is 10.1. The van der Waals surface area contributed by atoms with E-state index in [-0.39, 0.29) is 12.6 Å². The predicted molar refractivity (Wildman–Crippen MR) is 110 cm³/mol. The summed E-state index contributed by atoms with van der Waals surface area (Å²) >= 11 is 1.31. The van der Waals surface area contributed by atoms with Crippen molar-refractivity contribution in [1.82, 2.24) is 14.8 Å². The van der Waals surface area contributed by atoms with Crippen molar-refractivity contribution in [2.24, 2.45) is 0 Å². The van der Waals surface area contributed by atoms with Crippen molar-refractivity contribution in [3.63, 3.8) is 0 Å². The number of aryl methyl sites for hydroxylation is 1. The van der Waals surface area contributed by atoms with E-state index in [4.69, 9.17) is 9.47 Å². The van der Waals surface area contributed by atoms with E-state index >= 15 is 0 Å². The lowest BCUT2D eigenvalue weighted by atomic mass is 10.1. The summed E-state index contributed by atoms with van der Waals surface area (Å²) < 4.78 is 40.1. The van der Waals surface area contributed by atoms with E-state index in [2.05, 4.69) is 15.4 Å². The molecule has 1 N–H and O–H groups in total. The highest BCUT2D eigenvalue weighted by Gasteiger charge is 2.21. The van der Waals surface area contributed by atoms with Gasteiger partial charge in [0.15, 0.2) is 11.5 Å². The number of hydrogen-bond acceptors (Lipinski definition) is 6. The summed E-state index contributed by atoms with van der Waals surface area (Å²) in [5, 5.41) is 9.19. The molecule has 0 atom stereocenters. The second-order valence-electron chi connectivity index (χ2n) is 6.72. The first-order chi connectivity index (χ1) is 15.0. The van der Waals surface area contributed by atoms with E-state index in [1.54, 1.807) is 13.0 Å². The highest BCUT2D eigenvalue weighted by atomic mass is 32.1. The summed E-state index contributed by atoms with van der Waals surface area (Å²) in [6, 6.07) is 10.4. The lowest BCUT2D eigenvalue weighted by Gasteiger charge is -2.08. The Morgan fingerprint density at radius 3 is 2.71 bits per heavy atom. The number of carbonyl (C=O) groups is 1. The maximum absolute atomic E-state index is 14.0. The van der Waals surface area contributed by atoms with Gasteiger partial charge in [0.05, 0.1) is 11.4 Å². The predicted octanol–water partition coefficient (Wildman–Crippen LogP) is 4.56. The molecule has 31 heavy (non-hydrogen) atoms. The van der Waals surface area contributed by atoms with Crippen molar-refractivity contribution in [2.75, 3.05) is 12.1 Å². The number of ether oxygens (including phenoxy) is 2. The van der Waals surface area contributed by atoms with Crippen molar-refractivity contribution in [2.45, 2.75) is 6.92 Å². The molecule has 1 amide bonds. The van der Waals surface area contributed by atoms with E-state index in [1.807, 2.05) is 23.6 Å².